The van der Waals surface area contributed by atoms with E-state index in [-0.39, 0.29) is 0 Å². The number of aliphatic imine (C=N–C) groups is 2. The lowest BCUT2D eigenvalue weighted by Gasteiger charge is -2.37. The molecule has 0 saturated carbocycles. The van der Waals surface area contributed by atoms with Crippen LogP contribution in [0, 0.1) is 0 Å². The maximum Gasteiger partial charge on any atom is 0.125 e. The zero-order valence-electron chi connectivity index (χ0n) is 29.5. The van der Waals surface area contributed by atoms with Gasteiger partial charge in [-0.25, -0.2) is 0 Å². The smallest absolute Gasteiger partial charge is 0.125 e. The first-order valence-corrected chi connectivity index (χ1v) is 18.9. The first kappa shape index (κ1) is 37.4. The number of unbranched alkanes of at least 4 members (excludes halogenated alkanes) is 16. The Morgan fingerprint density at radius 2 is 0.739 bits per heavy atom. The SMILES string of the molecule is CCCCCCCCCCCN=C(N)c1ccc(N2CCN(c3ccc(C(N)=NCCCCCCCCCCC)cc3)CC2)cc1. The predicted octanol–water partition coefficient (Wildman–Crippen LogP) is 9.49. The molecule has 1 fully saturated rings. The standard InChI is InChI=1S/C40H66N6/c1-3-5-7-9-11-13-15-17-19-29-43-39(41)35-21-25-37(26-22-35)45-31-33-46(34-32-45)38-27-23-36(24-28-38)40(42)44-30-20-18-16-14-12-10-8-6-4-2/h21-28H,3-20,29-34H2,1-2H3,(H2,41,43)(H2,42,44). The largest absolute Gasteiger partial charge is 0.384 e. The van der Waals surface area contributed by atoms with Crippen molar-refractivity contribution >= 4 is 23.0 Å². The third kappa shape index (κ3) is 14.6. The molecule has 6 nitrogen and oxygen atoms in total. The van der Waals surface area contributed by atoms with Gasteiger partial charge in [0.1, 0.15) is 11.7 Å². The molecule has 0 aliphatic carbocycles. The molecular weight excluding hydrogens is 564 g/mol. The summed E-state index contributed by atoms with van der Waals surface area (Å²) in [7, 11) is 0. The third-order valence-electron chi connectivity index (χ3n) is 9.42. The van der Waals surface area contributed by atoms with Crippen LogP contribution in [0.15, 0.2) is 58.5 Å². The number of rotatable bonds is 24. The summed E-state index contributed by atoms with van der Waals surface area (Å²) < 4.78 is 0. The van der Waals surface area contributed by atoms with Crippen LogP contribution in [0.2, 0.25) is 0 Å². The second kappa shape index (κ2) is 23.3. The number of nitrogens with zero attached hydrogens (tertiary/aromatic N) is 4. The molecule has 256 valence electrons. The van der Waals surface area contributed by atoms with Gasteiger partial charge in [-0.2, -0.15) is 0 Å². The van der Waals surface area contributed by atoms with E-state index in [9.17, 15) is 0 Å². The minimum Gasteiger partial charge on any atom is -0.384 e. The summed E-state index contributed by atoms with van der Waals surface area (Å²) in [5.41, 5.74) is 17.2. The van der Waals surface area contributed by atoms with Crippen molar-refractivity contribution in [2.45, 2.75) is 129 Å². The molecule has 3 rings (SSSR count). The number of benzene rings is 2. The molecule has 0 aromatic heterocycles. The highest BCUT2D eigenvalue weighted by Gasteiger charge is 2.18. The molecule has 0 atom stereocenters. The fraction of sp³-hybridized carbons (Fsp3) is 0.650. The van der Waals surface area contributed by atoms with Crippen molar-refractivity contribution in [3.8, 4) is 0 Å². The highest BCUT2D eigenvalue weighted by Crippen LogP contribution is 2.22. The molecule has 2 aromatic rings. The van der Waals surface area contributed by atoms with E-state index in [0.29, 0.717) is 11.7 Å². The Hall–Kier alpha value is -3.02. The van der Waals surface area contributed by atoms with Crippen LogP contribution < -0.4 is 21.3 Å². The maximum atomic E-state index is 6.32. The molecule has 0 amide bonds. The zero-order valence-corrected chi connectivity index (χ0v) is 29.5. The van der Waals surface area contributed by atoms with Gasteiger partial charge in [0.2, 0.25) is 0 Å². The van der Waals surface area contributed by atoms with Crippen LogP contribution >= 0.6 is 0 Å². The van der Waals surface area contributed by atoms with Gasteiger partial charge in [0.05, 0.1) is 0 Å². The average Bonchev–Trinajstić information content (AvgIpc) is 3.10. The van der Waals surface area contributed by atoms with Crippen LogP contribution in [0.4, 0.5) is 11.4 Å². The van der Waals surface area contributed by atoms with E-state index in [2.05, 4.69) is 82.2 Å². The van der Waals surface area contributed by atoms with Crippen molar-refractivity contribution in [2.24, 2.45) is 21.5 Å². The number of amidine groups is 2. The van der Waals surface area contributed by atoms with E-state index >= 15 is 0 Å². The molecule has 1 aliphatic rings. The zero-order chi connectivity index (χ0) is 32.7. The Morgan fingerprint density at radius 1 is 0.457 bits per heavy atom. The minimum absolute atomic E-state index is 0.661. The molecule has 0 radical (unpaired) electrons. The van der Waals surface area contributed by atoms with E-state index < -0.39 is 0 Å². The number of piperazine rings is 1. The Labute approximate surface area is 282 Å². The van der Waals surface area contributed by atoms with Crippen molar-refractivity contribution in [3.05, 3.63) is 59.7 Å². The van der Waals surface area contributed by atoms with E-state index in [1.807, 2.05) is 0 Å². The van der Waals surface area contributed by atoms with Gasteiger partial charge >= 0.3 is 0 Å². The fourth-order valence-electron chi connectivity index (χ4n) is 6.34. The summed E-state index contributed by atoms with van der Waals surface area (Å²) in [4.78, 5) is 14.2. The molecule has 0 spiro atoms. The normalized spacial score (nSPS) is 14.3. The van der Waals surface area contributed by atoms with Gasteiger partial charge in [-0.15, -0.1) is 0 Å². The van der Waals surface area contributed by atoms with E-state index in [1.165, 1.54) is 114 Å². The van der Waals surface area contributed by atoms with E-state index in [0.717, 1.165) is 63.2 Å². The van der Waals surface area contributed by atoms with Crippen molar-refractivity contribution < 1.29 is 0 Å². The Morgan fingerprint density at radius 3 is 1.04 bits per heavy atom. The van der Waals surface area contributed by atoms with Crippen molar-refractivity contribution in [1.82, 2.24) is 0 Å². The predicted molar refractivity (Wildman–Crippen MR) is 203 cm³/mol. The van der Waals surface area contributed by atoms with Crippen LogP contribution in [0.3, 0.4) is 0 Å². The lowest BCUT2D eigenvalue weighted by molar-refractivity contribution is 0.567. The van der Waals surface area contributed by atoms with Gasteiger partial charge in [0.25, 0.3) is 0 Å². The quantitative estimate of drug-likeness (QED) is 0.0687. The summed E-state index contributed by atoms with van der Waals surface area (Å²) in [5.74, 6) is 1.32. The van der Waals surface area contributed by atoms with Gasteiger partial charge < -0.3 is 21.3 Å². The Bertz CT molecular complexity index is 1010. The van der Waals surface area contributed by atoms with Gasteiger partial charge in [-0.1, -0.05) is 117 Å². The third-order valence-corrected chi connectivity index (χ3v) is 9.42. The van der Waals surface area contributed by atoms with Crippen molar-refractivity contribution in [3.63, 3.8) is 0 Å². The molecule has 46 heavy (non-hydrogen) atoms. The second-order valence-corrected chi connectivity index (χ2v) is 13.3. The molecule has 0 bridgehead atoms. The van der Waals surface area contributed by atoms with Gasteiger partial charge in [0.15, 0.2) is 0 Å². The molecule has 4 N–H and O–H groups in total. The van der Waals surface area contributed by atoms with E-state index in [1.54, 1.807) is 0 Å². The van der Waals surface area contributed by atoms with Crippen LogP contribution in [-0.2, 0) is 0 Å². The monoisotopic (exact) mass is 631 g/mol. The molecule has 6 heteroatoms. The Balaban J connectivity index is 1.32. The maximum absolute atomic E-state index is 6.32. The summed E-state index contributed by atoms with van der Waals surface area (Å²) >= 11 is 0. The van der Waals surface area contributed by atoms with Gasteiger partial charge in [0, 0.05) is 61.8 Å². The summed E-state index contributed by atoms with van der Waals surface area (Å²) in [6.45, 7) is 10.2. The van der Waals surface area contributed by atoms with Crippen LogP contribution in [0.5, 0.6) is 0 Å². The first-order chi connectivity index (χ1) is 22.6. The fourth-order valence-corrected chi connectivity index (χ4v) is 6.34. The highest BCUT2D eigenvalue weighted by molar-refractivity contribution is 5.98. The minimum atomic E-state index is 0.661. The van der Waals surface area contributed by atoms with Crippen LogP contribution in [-0.4, -0.2) is 50.9 Å². The summed E-state index contributed by atoms with van der Waals surface area (Å²) in [6.07, 6.45) is 23.8. The molecular formula is C40H66N6. The van der Waals surface area contributed by atoms with Crippen molar-refractivity contribution in [1.29, 1.82) is 0 Å². The van der Waals surface area contributed by atoms with Gasteiger partial charge in [-0.3, -0.25) is 9.98 Å². The summed E-state index contributed by atoms with van der Waals surface area (Å²) in [6, 6.07) is 17.3. The van der Waals surface area contributed by atoms with Gasteiger partial charge in [-0.05, 0) is 61.4 Å². The molecule has 1 heterocycles. The second-order valence-electron chi connectivity index (χ2n) is 13.3. The topological polar surface area (TPSA) is 83.2 Å². The van der Waals surface area contributed by atoms with Crippen molar-refractivity contribution in [2.75, 3.05) is 49.1 Å². The lowest BCUT2D eigenvalue weighted by Crippen LogP contribution is -2.46. The van der Waals surface area contributed by atoms with Crippen LogP contribution in [0.1, 0.15) is 141 Å². The Kier molecular flexibility index (Phi) is 19.0. The number of nitrogens with two attached hydrogens (primary N) is 2. The lowest BCUT2D eigenvalue weighted by atomic mass is 10.1. The number of hydrogen-bond acceptors (Lipinski definition) is 4. The average molecular weight is 631 g/mol. The summed E-state index contributed by atoms with van der Waals surface area (Å²) in [5, 5.41) is 0. The molecule has 1 saturated heterocycles. The first-order valence-electron chi connectivity index (χ1n) is 18.9. The number of anilines is 2. The molecule has 0 unspecified atom stereocenters. The highest BCUT2D eigenvalue weighted by atomic mass is 15.3. The van der Waals surface area contributed by atoms with E-state index in [4.69, 9.17) is 11.5 Å². The molecule has 1 aliphatic heterocycles. The van der Waals surface area contributed by atoms with Crippen LogP contribution in [0.25, 0.3) is 0 Å². The number of hydrogen-bond donors (Lipinski definition) is 2. The molecule has 2 aromatic carbocycles.